The Labute approximate surface area is 223 Å². The van der Waals surface area contributed by atoms with E-state index in [9.17, 15) is 4.79 Å². The second-order valence-electron chi connectivity index (χ2n) is 7.94. The third-order valence-electron chi connectivity index (χ3n) is 5.30. The summed E-state index contributed by atoms with van der Waals surface area (Å²) in [6.07, 6.45) is 9.90. The van der Waals surface area contributed by atoms with Crippen LogP contribution in [0.1, 0.15) is 31.6 Å². The van der Waals surface area contributed by atoms with Gasteiger partial charge in [-0.25, -0.2) is 0 Å². The summed E-state index contributed by atoms with van der Waals surface area (Å²) in [4.78, 5) is 33.7. The van der Waals surface area contributed by atoms with Gasteiger partial charge in [-0.1, -0.05) is 19.1 Å². The van der Waals surface area contributed by atoms with E-state index in [0.717, 1.165) is 22.5 Å². The Hall–Kier alpha value is -3.49. The van der Waals surface area contributed by atoms with Crippen LogP contribution >= 0.6 is 11.3 Å². The SMILES string of the molecule is C#CC.C=CCN=NN(CC=C)OCCCC(=O)N1CCN(c2nc(OC)nc3sc(CC)cc23)CC1. The number of anilines is 1. The van der Waals surface area contributed by atoms with Crippen molar-refractivity contribution >= 4 is 33.3 Å². The van der Waals surface area contributed by atoms with Crippen molar-refractivity contribution in [2.24, 2.45) is 10.3 Å². The lowest BCUT2D eigenvalue weighted by Gasteiger charge is -2.35. The Morgan fingerprint density at radius 3 is 2.65 bits per heavy atom. The highest BCUT2D eigenvalue weighted by Crippen LogP contribution is 2.33. The zero-order valence-electron chi connectivity index (χ0n) is 22.1. The molecule has 0 radical (unpaired) electrons. The molecule has 3 heterocycles. The lowest BCUT2D eigenvalue weighted by atomic mass is 10.2. The Bertz CT molecular complexity index is 1090. The number of piperazine rings is 1. The van der Waals surface area contributed by atoms with E-state index in [1.165, 1.54) is 10.0 Å². The lowest BCUT2D eigenvalue weighted by Crippen LogP contribution is -2.49. The Morgan fingerprint density at radius 2 is 2.03 bits per heavy atom. The van der Waals surface area contributed by atoms with Crippen molar-refractivity contribution in [2.75, 3.05) is 57.9 Å². The number of hydroxylamine groups is 1. The normalized spacial score (nSPS) is 13.1. The topological polar surface area (TPSA) is 95.8 Å². The quantitative estimate of drug-likeness (QED) is 0.126. The van der Waals surface area contributed by atoms with E-state index in [1.807, 2.05) is 4.90 Å². The van der Waals surface area contributed by atoms with Crippen molar-refractivity contribution in [1.82, 2.24) is 20.0 Å². The standard InChI is InChI=1S/C23H33N7O3S.C3H4/c1-5-10-24-27-30(11-6-2)33-16-8-9-20(31)28-12-14-29(15-13-28)21-19-17-18(7-3)34-22(19)26-23(25-21)32-4;1-3-2/h5-6,17H,1-2,7-16H2,3-4H3;1H,2H3. The predicted octanol–water partition coefficient (Wildman–Crippen LogP) is 4.30. The number of aromatic nitrogens is 2. The maximum absolute atomic E-state index is 12.7. The molecule has 1 aliphatic rings. The first-order chi connectivity index (χ1) is 18.0. The van der Waals surface area contributed by atoms with E-state index in [2.05, 4.69) is 63.7 Å². The van der Waals surface area contributed by atoms with Crippen LogP contribution < -0.4 is 9.64 Å². The minimum absolute atomic E-state index is 0.126. The fourth-order valence-electron chi connectivity index (χ4n) is 3.55. The van der Waals surface area contributed by atoms with Crippen molar-refractivity contribution in [1.29, 1.82) is 0 Å². The monoisotopic (exact) mass is 527 g/mol. The maximum atomic E-state index is 12.7. The van der Waals surface area contributed by atoms with Crippen LogP contribution in [0.2, 0.25) is 0 Å². The maximum Gasteiger partial charge on any atom is 0.319 e. The van der Waals surface area contributed by atoms with Crippen LogP contribution in [0.25, 0.3) is 10.2 Å². The number of thiophene rings is 1. The molecule has 3 rings (SSSR count). The Morgan fingerprint density at radius 1 is 1.30 bits per heavy atom. The number of methoxy groups -OCH3 is 1. The van der Waals surface area contributed by atoms with E-state index in [-0.39, 0.29) is 5.91 Å². The predicted molar refractivity (Wildman–Crippen MR) is 149 cm³/mol. The van der Waals surface area contributed by atoms with Crippen LogP contribution in [0.4, 0.5) is 5.82 Å². The van der Waals surface area contributed by atoms with Gasteiger partial charge in [-0.15, -0.1) is 36.8 Å². The van der Waals surface area contributed by atoms with Gasteiger partial charge in [0.15, 0.2) is 0 Å². The minimum atomic E-state index is 0.126. The minimum Gasteiger partial charge on any atom is -0.467 e. The molecule has 10 nitrogen and oxygen atoms in total. The van der Waals surface area contributed by atoms with Crippen molar-refractivity contribution in [3.8, 4) is 18.4 Å². The molecule has 1 saturated heterocycles. The molecule has 2 aromatic heterocycles. The van der Waals surface area contributed by atoms with Crippen LogP contribution in [0.15, 0.2) is 41.7 Å². The number of carbonyl (C=O) groups is 1. The Kier molecular flexibility index (Phi) is 13.1. The number of rotatable bonds is 13. The lowest BCUT2D eigenvalue weighted by molar-refractivity contribution is -0.160. The first kappa shape index (κ1) is 29.7. The van der Waals surface area contributed by atoms with Crippen molar-refractivity contribution in [3.05, 3.63) is 36.3 Å². The fourth-order valence-corrected chi connectivity index (χ4v) is 4.51. The first-order valence-electron chi connectivity index (χ1n) is 12.2. The molecule has 1 aliphatic heterocycles. The molecule has 1 amide bonds. The number of aryl methyl sites for hydroxylation is 1. The van der Waals surface area contributed by atoms with E-state index in [4.69, 9.17) is 9.57 Å². The van der Waals surface area contributed by atoms with E-state index in [1.54, 1.807) is 37.5 Å². The average Bonchev–Trinajstić information content (AvgIpc) is 3.34. The number of terminal acetylenes is 1. The highest BCUT2D eigenvalue weighted by atomic mass is 32.1. The van der Waals surface area contributed by atoms with Crippen LogP contribution in [0.3, 0.4) is 0 Å². The van der Waals surface area contributed by atoms with Gasteiger partial charge in [0.1, 0.15) is 10.6 Å². The number of hydrogen-bond donors (Lipinski definition) is 0. The van der Waals surface area contributed by atoms with Crippen LogP contribution in [0, 0.1) is 12.3 Å². The molecule has 0 unspecified atom stereocenters. The molecule has 0 aliphatic carbocycles. The molecular weight excluding hydrogens is 490 g/mol. The summed E-state index contributed by atoms with van der Waals surface area (Å²) < 4.78 is 5.33. The molecule has 1 fully saturated rings. The van der Waals surface area contributed by atoms with Gasteiger partial charge in [-0.3, -0.25) is 9.63 Å². The largest absolute Gasteiger partial charge is 0.467 e. The molecule has 200 valence electrons. The molecule has 0 aromatic carbocycles. The third-order valence-corrected chi connectivity index (χ3v) is 6.47. The molecule has 0 saturated carbocycles. The number of amides is 1. The molecule has 0 atom stereocenters. The third kappa shape index (κ3) is 9.15. The second-order valence-corrected chi connectivity index (χ2v) is 9.05. The summed E-state index contributed by atoms with van der Waals surface area (Å²) in [6.45, 7) is 15.0. The average molecular weight is 528 g/mol. The molecule has 0 spiro atoms. The number of carbonyl (C=O) groups excluding carboxylic acids is 1. The highest BCUT2D eigenvalue weighted by Gasteiger charge is 2.24. The van der Waals surface area contributed by atoms with Crippen molar-refractivity contribution < 1.29 is 14.4 Å². The van der Waals surface area contributed by atoms with Gasteiger partial charge >= 0.3 is 6.01 Å². The van der Waals surface area contributed by atoms with E-state index >= 15 is 0 Å². The number of nitrogens with zero attached hydrogens (tertiary/aromatic N) is 7. The van der Waals surface area contributed by atoms with Crippen molar-refractivity contribution in [2.45, 2.75) is 33.1 Å². The summed E-state index contributed by atoms with van der Waals surface area (Å²) in [7, 11) is 1.58. The van der Waals surface area contributed by atoms with E-state index in [0.29, 0.717) is 64.7 Å². The van der Waals surface area contributed by atoms with Gasteiger partial charge in [-0.05, 0) is 31.1 Å². The summed E-state index contributed by atoms with van der Waals surface area (Å²) in [5.74, 6) is 3.26. The van der Waals surface area contributed by atoms with Gasteiger partial charge < -0.3 is 14.5 Å². The fraction of sp³-hybridized carbons (Fsp3) is 0.500. The molecule has 0 N–H and O–H groups in total. The van der Waals surface area contributed by atoms with Crippen LogP contribution in [-0.4, -0.2) is 78.9 Å². The van der Waals surface area contributed by atoms with E-state index < -0.39 is 0 Å². The Balaban J connectivity index is 0.00000153. The molecule has 2 aromatic rings. The van der Waals surface area contributed by atoms with Crippen LogP contribution in [0.5, 0.6) is 6.01 Å². The smallest absolute Gasteiger partial charge is 0.319 e. The molecule has 37 heavy (non-hydrogen) atoms. The molecule has 0 bridgehead atoms. The van der Waals surface area contributed by atoms with Crippen molar-refractivity contribution in [3.63, 3.8) is 0 Å². The van der Waals surface area contributed by atoms with Gasteiger partial charge in [0.05, 0.1) is 32.2 Å². The summed E-state index contributed by atoms with van der Waals surface area (Å²) in [6, 6.07) is 2.54. The summed E-state index contributed by atoms with van der Waals surface area (Å²) in [5, 5.41) is 10.3. The van der Waals surface area contributed by atoms with Gasteiger partial charge in [0.2, 0.25) is 5.91 Å². The summed E-state index contributed by atoms with van der Waals surface area (Å²) in [5.41, 5.74) is 0. The van der Waals surface area contributed by atoms with Gasteiger partial charge in [0.25, 0.3) is 0 Å². The zero-order chi connectivity index (χ0) is 27.0. The number of hydrogen-bond acceptors (Lipinski definition) is 9. The molecule has 11 heteroatoms. The zero-order valence-corrected chi connectivity index (χ0v) is 22.9. The number of ether oxygens (including phenoxy) is 1. The van der Waals surface area contributed by atoms with Crippen LogP contribution in [-0.2, 0) is 16.1 Å². The van der Waals surface area contributed by atoms with Gasteiger partial charge in [-0.2, -0.15) is 20.3 Å². The van der Waals surface area contributed by atoms with Gasteiger partial charge in [0, 0.05) is 37.5 Å². The molecular formula is C26H37N7O3S. The summed E-state index contributed by atoms with van der Waals surface area (Å²) >= 11 is 1.67. The number of fused-ring (bicyclic) bond motifs is 1. The highest BCUT2D eigenvalue weighted by molar-refractivity contribution is 7.18. The first-order valence-corrected chi connectivity index (χ1v) is 13.1. The second kappa shape index (κ2) is 16.3.